The van der Waals surface area contributed by atoms with Crippen molar-refractivity contribution in [2.75, 3.05) is 13.1 Å². The summed E-state index contributed by atoms with van der Waals surface area (Å²) >= 11 is 0. The number of hydrogen-bond donors (Lipinski definition) is 2. The first kappa shape index (κ1) is 13.2. The van der Waals surface area contributed by atoms with Gasteiger partial charge in [0.15, 0.2) is 0 Å². The molecule has 0 radical (unpaired) electrons. The molecule has 16 heavy (non-hydrogen) atoms. The van der Waals surface area contributed by atoms with Crippen LogP contribution in [0.5, 0.6) is 0 Å². The average Bonchev–Trinajstić information content (AvgIpc) is 2.19. The van der Waals surface area contributed by atoms with Crippen molar-refractivity contribution in [2.24, 2.45) is 11.1 Å². The second kappa shape index (κ2) is 6.02. The maximum Gasteiger partial charge on any atom is 0.0205 e. The van der Waals surface area contributed by atoms with Gasteiger partial charge in [0.2, 0.25) is 0 Å². The Morgan fingerprint density at radius 1 is 1.06 bits per heavy atom. The normalized spacial score (nSPS) is 11.8. The van der Waals surface area contributed by atoms with Crippen LogP contribution in [0.25, 0.3) is 0 Å². The third kappa shape index (κ3) is 5.29. The molecule has 0 saturated heterocycles. The highest BCUT2D eigenvalue weighted by Gasteiger charge is 2.08. The summed E-state index contributed by atoms with van der Waals surface area (Å²) in [6.45, 7) is 9.43. The highest BCUT2D eigenvalue weighted by atomic mass is 14.9. The van der Waals surface area contributed by atoms with Gasteiger partial charge in [0.05, 0.1) is 0 Å². The molecule has 1 rings (SSSR count). The van der Waals surface area contributed by atoms with E-state index in [2.05, 4.69) is 50.4 Å². The summed E-state index contributed by atoms with van der Waals surface area (Å²) in [6, 6.07) is 8.70. The fraction of sp³-hybridized carbons (Fsp3) is 0.571. The maximum atomic E-state index is 5.51. The largest absolute Gasteiger partial charge is 0.330 e. The molecule has 1 aromatic rings. The van der Waals surface area contributed by atoms with Crippen LogP contribution < -0.4 is 11.1 Å². The molecule has 3 N–H and O–H groups in total. The Kier molecular flexibility index (Phi) is 4.97. The average molecular weight is 220 g/mol. The van der Waals surface area contributed by atoms with Crippen LogP contribution in [0.2, 0.25) is 0 Å². The molecule has 0 atom stereocenters. The molecule has 1 aromatic carbocycles. The zero-order valence-corrected chi connectivity index (χ0v) is 10.7. The Bertz CT molecular complexity index is 296. The zero-order valence-electron chi connectivity index (χ0n) is 10.7. The molecule has 0 aliphatic carbocycles. The fourth-order valence-corrected chi connectivity index (χ4v) is 1.57. The standard InChI is InChI=1S/C14H24N2/c1-14(2,3)11-16-10-13-6-4-12(5-7-13)8-9-15/h4-7,16H,8-11,15H2,1-3H3. The van der Waals surface area contributed by atoms with Gasteiger partial charge in [0.1, 0.15) is 0 Å². The topological polar surface area (TPSA) is 38.0 Å². The van der Waals surface area contributed by atoms with E-state index in [1.165, 1.54) is 11.1 Å². The SMILES string of the molecule is CC(C)(C)CNCc1ccc(CCN)cc1. The summed E-state index contributed by atoms with van der Waals surface area (Å²) < 4.78 is 0. The van der Waals surface area contributed by atoms with Gasteiger partial charge in [-0.2, -0.15) is 0 Å². The molecule has 2 nitrogen and oxygen atoms in total. The molecule has 0 unspecified atom stereocenters. The lowest BCUT2D eigenvalue weighted by molar-refractivity contribution is 0.379. The first-order valence-electron chi connectivity index (χ1n) is 6.00. The number of rotatable bonds is 5. The van der Waals surface area contributed by atoms with Crippen molar-refractivity contribution in [1.82, 2.24) is 5.32 Å². The first-order valence-corrected chi connectivity index (χ1v) is 6.00. The summed E-state index contributed by atoms with van der Waals surface area (Å²) in [5, 5.41) is 3.47. The molecule has 90 valence electrons. The predicted molar refractivity (Wildman–Crippen MR) is 70.4 cm³/mol. The first-order chi connectivity index (χ1) is 7.51. The summed E-state index contributed by atoms with van der Waals surface area (Å²) in [5.74, 6) is 0. The minimum Gasteiger partial charge on any atom is -0.330 e. The highest BCUT2D eigenvalue weighted by molar-refractivity contribution is 5.22. The van der Waals surface area contributed by atoms with E-state index in [4.69, 9.17) is 5.73 Å². The Morgan fingerprint density at radius 2 is 1.62 bits per heavy atom. The van der Waals surface area contributed by atoms with Crippen molar-refractivity contribution in [3.05, 3.63) is 35.4 Å². The van der Waals surface area contributed by atoms with Gasteiger partial charge < -0.3 is 11.1 Å². The zero-order chi connectivity index (χ0) is 12.0. The highest BCUT2D eigenvalue weighted by Crippen LogP contribution is 2.11. The van der Waals surface area contributed by atoms with Gasteiger partial charge in [-0.15, -0.1) is 0 Å². The van der Waals surface area contributed by atoms with Crippen LogP contribution >= 0.6 is 0 Å². The molecule has 0 fully saturated rings. The van der Waals surface area contributed by atoms with Gasteiger partial charge in [-0.05, 0) is 29.5 Å². The summed E-state index contributed by atoms with van der Waals surface area (Å²) in [5.41, 5.74) is 8.52. The van der Waals surface area contributed by atoms with E-state index >= 15 is 0 Å². The fourth-order valence-electron chi connectivity index (χ4n) is 1.57. The van der Waals surface area contributed by atoms with Crippen molar-refractivity contribution in [3.63, 3.8) is 0 Å². The summed E-state index contributed by atoms with van der Waals surface area (Å²) in [4.78, 5) is 0. The van der Waals surface area contributed by atoms with Crippen LogP contribution in [0.3, 0.4) is 0 Å². The Balaban J connectivity index is 2.37. The summed E-state index contributed by atoms with van der Waals surface area (Å²) in [6.07, 6.45) is 0.968. The van der Waals surface area contributed by atoms with Gasteiger partial charge >= 0.3 is 0 Å². The van der Waals surface area contributed by atoms with E-state index < -0.39 is 0 Å². The smallest absolute Gasteiger partial charge is 0.0205 e. The second-order valence-corrected chi connectivity index (χ2v) is 5.52. The number of hydrogen-bond acceptors (Lipinski definition) is 2. The van der Waals surface area contributed by atoms with Crippen molar-refractivity contribution < 1.29 is 0 Å². The molecule has 2 heteroatoms. The van der Waals surface area contributed by atoms with Crippen molar-refractivity contribution >= 4 is 0 Å². The molecule has 0 bridgehead atoms. The van der Waals surface area contributed by atoms with Gasteiger partial charge in [-0.3, -0.25) is 0 Å². The van der Waals surface area contributed by atoms with Crippen molar-refractivity contribution in [2.45, 2.75) is 33.7 Å². The summed E-state index contributed by atoms with van der Waals surface area (Å²) in [7, 11) is 0. The van der Waals surface area contributed by atoms with Crippen LogP contribution in [-0.4, -0.2) is 13.1 Å². The van der Waals surface area contributed by atoms with Gasteiger partial charge in [-0.25, -0.2) is 0 Å². The van der Waals surface area contributed by atoms with Crippen LogP contribution in [0, 0.1) is 5.41 Å². The second-order valence-electron chi connectivity index (χ2n) is 5.52. The quantitative estimate of drug-likeness (QED) is 0.799. The lowest BCUT2D eigenvalue weighted by Crippen LogP contribution is -2.26. The van der Waals surface area contributed by atoms with Crippen LogP contribution in [0.4, 0.5) is 0 Å². The maximum absolute atomic E-state index is 5.51. The third-order valence-corrected chi connectivity index (χ3v) is 2.44. The molecule has 0 aliphatic heterocycles. The Labute approximate surface area is 99.2 Å². The van der Waals surface area contributed by atoms with E-state index in [-0.39, 0.29) is 0 Å². The lowest BCUT2D eigenvalue weighted by atomic mass is 9.97. The van der Waals surface area contributed by atoms with E-state index in [0.717, 1.165) is 26.1 Å². The molecule has 0 aromatic heterocycles. The number of nitrogens with one attached hydrogen (secondary N) is 1. The van der Waals surface area contributed by atoms with Crippen LogP contribution in [0.1, 0.15) is 31.9 Å². The predicted octanol–water partition coefficient (Wildman–Crippen LogP) is 2.32. The Hall–Kier alpha value is -0.860. The van der Waals surface area contributed by atoms with E-state index in [1.54, 1.807) is 0 Å². The molecule has 0 spiro atoms. The molecule has 0 saturated carbocycles. The molecular weight excluding hydrogens is 196 g/mol. The van der Waals surface area contributed by atoms with Crippen molar-refractivity contribution in [1.29, 1.82) is 0 Å². The minimum atomic E-state index is 0.347. The molecular formula is C14H24N2. The minimum absolute atomic E-state index is 0.347. The monoisotopic (exact) mass is 220 g/mol. The molecule has 0 amide bonds. The van der Waals surface area contributed by atoms with Gasteiger partial charge in [-0.1, -0.05) is 45.0 Å². The van der Waals surface area contributed by atoms with E-state index in [1.807, 2.05) is 0 Å². The number of benzene rings is 1. The Morgan fingerprint density at radius 3 is 2.12 bits per heavy atom. The van der Waals surface area contributed by atoms with Gasteiger partial charge in [0, 0.05) is 13.1 Å². The van der Waals surface area contributed by atoms with Crippen molar-refractivity contribution in [3.8, 4) is 0 Å². The number of nitrogens with two attached hydrogens (primary N) is 1. The van der Waals surface area contributed by atoms with Crippen LogP contribution in [-0.2, 0) is 13.0 Å². The van der Waals surface area contributed by atoms with E-state index in [0.29, 0.717) is 5.41 Å². The molecule has 0 aliphatic rings. The molecule has 0 heterocycles. The van der Waals surface area contributed by atoms with Gasteiger partial charge in [0.25, 0.3) is 0 Å². The third-order valence-electron chi connectivity index (χ3n) is 2.44. The van der Waals surface area contributed by atoms with Crippen LogP contribution in [0.15, 0.2) is 24.3 Å². The van der Waals surface area contributed by atoms with E-state index in [9.17, 15) is 0 Å². The lowest BCUT2D eigenvalue weighted by Gasteiger charge is -2.18.